The number of aryl methyl sites for hydroxylation is 2. The molecule has 2 aromatic rings. The zero-order valence-corrected chi connectivity index (χ0v) is 10.8. The smallest absolute Gasteiger partial charge is 0.157 e. The van der Waals surface area contributed by atoms with Gasteiger partial charge in [-0.05, 0) is 18.6 Å². The van der Waals surface area contributed by atoms with Crippen LogP contribution in [0.2, 0.25) is 0 Å². The van der Waals surface area contributed by atoms with Crippen molar-refractivity contribution in [2.24, 2.45) is 7.05 Å². The molecule has 0 saturated heterocycles. The van der Waals surface area contributed by atoms with Crippen molar-refractivity contribution in [1.29, 1.82) is 0 Å². The second kappa shape index (κ2) is 4.85. The van der Waals surface area contributed by atoms with Gasteiger partial charge < -0.3 is 5.32 Å². The predicted octanol–water partition coefficient (Wildman–Crippen LogP) is 2.12. The van der Waals surface area contributed by atoms with E-state index in [4.69, 9.17) is 11.6 Å². The molecular weight excluding hydrogens is 236 g/mol. The summed E-state index contributed by atoms with van der Waals surface area (Å²) in [5.41, 5.74) is 3.03. The highest BCUT2D eigenvalue weighted by atomic mass is 35.5. The molecule has 0 spiro atoms. The lowest BCUT2D eigenvalue weighted by Crippen LogP contribution is -2.14. The van der Waals surface area contributed by atoms with Gasteiger partial charge in [0.05, 0.1) is 5.69 Å². The fourth-order valence-electron chi connectivity index (χ4n) is 1.79. The SMILES string of the molecule is C=C(Cl)CNCc1cnc2c(c1)c(C)nn2C. The van der Waals surface area contributed by atoms with E-state index in [-0.39, 0.29) is 0 Å². The molecule has 0 aliphatic rings. The van der Waals surface area contributed by atoms with E-state index >= 15 is 0 Å². The molecule has 0 radical (unpaired) electrons. The Morgan fingerprint density at radius 3 is 3.06 bits per heavy atom. The van der Waals surface area contributed by atoms with Gasteiger partial charge in [-0.1, -0.05) is 18.2 Å². The molecule has 0 aromatic carbocycles. The van der Waals surface area contributed by atoms with Crippen molar-refractivity contribution in [2.75, 3.05) is 6.54 Å². The quantitative estimate of drug-likeness (QED) is 0.904. The Kier molecular flexibility index (Phi) is 3.45. The summed E-state index contributed by atoms with van der Waals surface area (Å²) in [5.74, 6) is 0. The molecule has 17 heavy (non-hydrogen) atoms. The highest BCUT2D eigenvalue weighted by molar-refractivity contribution is 6.29. The van der Waals surface area contributed by atoms with Gasteiger partial charge in [-0.15, -0.1) is 0 Å². The van der Waals surface area contributed by atoms with Crippen molar-refractivity contribution in [3.63, 3.8) is 0 Å². The second-order valence-corrected chi connectivity index (χ2v) is 4.58. The third-order valence-corrected chi connectivity index (χ3v) is 2.70. The third-order valence-electron chi connectivity index (χ3n) is 2.57. The van der Waals surface area contributed by atoms with Crippen LogP contribution in [0.25, 0.3) is 11.0 Å². The number of aromatic nitrogens is 3. The lowest BCUT2D eigenvalue weighted by molar-refractivity contribution is 0.751. The Hall–Kier alpha value is -1.39. The van der Waals surface area contributed by atoms with Gasteiger partial charge in [-0.2, -0.15) is 5.10 Å². The molecule has 2 rings (SSSR count). The molecule has 0 amide bonds. The fraction of sp³-hybridized carbons (Fsp3) is 0.333. The summed E-state index contributed by atoms with van der Waals surface area (Å²) >= 11 is 5.68. The molecule has 2 aromatic heterocycles. The summed E-state index contributed by atoms with van der Waals surface area (Å²) in [5, 5.41) is 9.23. The van der Waals surface area contributed by atoms with Gasteiger partial charge in [0.25, 0.3) is 0 Å². The summed E-state index contributed by atoms with van der Waals surface area (Å²) < 4.78 is 1.79. The maximum Gasteiger partial charge on any atom is 0.157 e. The van der Waals surface area contributed by atoms with E-state index in [9.17, 15) is 0 Å². The molecule has 0 bridgehead atoms. The first-order valence-electron chi connectivity index (χ1n) is 5.40. The van der Waals surface area contributed by atoms with E-state index in [1.54, 1.807) is 4.68 Å². The summed E-state index contributed by atoms with van der Waals surface area (Å²) in [7, 11) is 1.90. The average molecular weight is 251 g/mol. The van der Waals surface area contributed by atoms with Crippen LogP contribution in [0.3, 0.4) is 0 Å². The summed E-state index contributed by atoms with van der Waals surface area (Å²) in [6.07, 6.45) is 1.85. The number of hydrogen-bond donors (Lipinski definition) is 1. The Balaban J connectivity index is 2.19. The van der Waals surface area contributed by atoms with E-state index in [1.165, 1.54) is 0 Å². The highest BCUT2D eigenvalue weighted by Crippen LogP contribution is 2.16. The molecule has 0 saturated carbocycles. The van der Waals surface area contributed by atoms with Crippen molar-refractivity contribution in [3.8, 4) is 0 Å². The van der Waals surface area contributed by atoms with E-state index in [1.807, 2.05) is 20.2 Å². The van der Waals surface area contributed by atoms with Crippen molar-refractivity contribution in [1.82, 2.24) is 20.1 Å². The van der Waals surface area contributed by atoms with Crippen LogP contribution in [0.1, 0.15) is 11.3 Å². The first-order chi connectivity index (χ1) is 8.08. The van der Waals surface area contributed by atoms with Gasteiger partial charge >= 0.3 is 0 Å². The first kappa shape index (κ1) is 12.1. The average Bonchev–Trinajstić information content (AvgIpc) is 2.54. The molecule has 0 atom stereocenters. The Morgan fingerprint density at radius 1 is 1.59 bits per heavy atom. The summed E-state index contributed by atoms with van der Waals surface area (Å²) in [6, 6.07) is 2.11. The molecule has 0 aliphatic heterocycles. The fourth-order valence-corrected chi connectivity index (χ4v) is 1.88. The minimum absolute atomic E-state index is 0.603. The predicted molar refractivity (Wildman–Crippen MR) is 69.9 cm³/mol. The van der Waals surface area contributed by atoms with Gasteiger partial charge in [-0.3, -0.25) is 4.68 Å². The molecule has 1 N–H and O–H groups in total. The summed E-state index contributed by atoms with van der Waals surface area (Å²) in [4.78, 5) is 4.40. The first-order valence-corrected chi connectivity index (χ1v) is 5.78. The Labute approximate surface area is 105 Å². The molecule has 90 valence electrons. The van der Waals surface area contributed by atoms with Crippen LogP contribution in [0, 0.1) is 6.92 Å². The van der Waals surface area contributed by atoms with E-state index in [0.29, 0.717) is 11.6 Å². The molecule has 4 nitrogen and oxygen atoms in total. The van der Waals surface area contributed by atoms with Gasteiger partial charge in [0.2, 0.25) is 0 Å². The minimum Gasteiger partial charge on any atom is -0.308 e. The maximum absolute atomic E-state index is 5.68. The van der Waals surface area contributed by atoms with Crippen LogP contribution < -0.4 is 5.32 Å². The highest BCUT2D eigenvalue weighted by Gasteiger charge is 2.06. The topological polar surface area (TPSA) is 42.7 Å². The molecule has 0 unspecified atom stereocenters. The number of fused-ring (bicyclic) bond motifs is 1. The maximum atomic E-state index is 5.68. The lowest BCUT2D eigenvalue weighted by Gasteiger charge is -2.03. The largest absolute Gasteiger partial charge is 0.308 e. The van der Waals surface area contributed by atoms with E-state index in [2.05, 4.69) is 28.0 Å². The molecule has 0 fully saturated rings. The Bertz CT molecular complexity index is 559. The number of halogens is 1. The lowest BCUT2D eigenvalue weighted by atomic mass is 10.2. The van der Waals surface area contributed by atoms with Crippen LogP contribution in [0.4, 0.5) is 0 Å². The number of nitrogens with one attached hydrogen (secondary N) is 1. The van der Waals surface area contributed by atoms with E-state index < -0.39 is 0 Å². The summed E-state index contributed by atoms with van der Waals surface area (Å²) in [6.45, 7) is 6.94. The van der Waals surface area contributed by atoms with Crippen molar-refractivity contribution >= 4 is 22.6 Å². The molecular formula is C12H15ClN4. The number of hydrogen-bond acceptors (Lipinski definition) is 3. The van der Waals surface area contributed by atoms with Gasteiger partial charge in [0, 0.05) is 36.8 Å². The molecule has 0 aliphatic carbocycles. The minimum atomic E-state index is 0.603. The Morgan fingerprint density at radius 2 is 2.35 bits per heavy atom. The van der Waals surface area contributed by atoms with Crippen LogP contribution >= 0.6 is 11.6 Å². The third kappa shape index (κ3) is 2.65. The monoisotopic (exact) mass is 250 g/mol. The number of nitrogens with zero attached hydrogens (tertiary/aromatic N) is 3. The number of rotatable bonds is 4. The number of pyridine rings is 1. The van der Waals surface area contributed by atoms with Crippen molar-refractivity contribution in [3.05, 3.63) is 35.1 Å². The van der Waals surface area contributed by atoms with E-state index in [0.717, 1.165) is 28.8 Å². The van der Waals surface area contributed by atoms with Gasteiger partial charge in [0.1, 0.15) is 0 Å². The van der Waals surface area contributed by atoms with Crippen molar-refractivity contribution < 1.29 is 0 Å². The molecule has 5 heteroatoms. The second-order valence-electron chi connectivity index (χ2n) is 4.04. The van der Waals surface area contributed by atoms with Crippen LogP contribution in [-0.2, 0) is 13.6 Å². The standard InChI is InChI=1S/C12H15ClN4/c1-8(13)5-14-6-10-4-11-9(2)16-17(3)12(11)15-7-10/h4,7,14H,1,5-6H2,2-3H3. The van der Waals surface area contributed by atoms with Crippen LogP contribution in [0.5, 0.6) is 0 Å². The van der Waals surface area contributed by atoms with Crippen LogP contribution in [-0.4, -0.2) is 21.3 Å². The molecule has 2 heterocycles. The van der Waals surface area contributed by atoms with Gasteiger partial charge in [-0.25, -0.2) is 4.98 Å². The van der Waals surface area contributed by atoms with Crippen molar-refractivity contribution in [2.45, 2.75) is 13.5 Å². The zero-order chi connectivity index (χ0) is 12.4. The normalized spacial score (nSPS) is 11.0. The zero-order valence-electron chi connectivity index (χ0n) is 10.00. The van der Waals surface area contributed by atoms with Crippen LogP contribution in [0.15, 0.2) is 23.9 Å². The van der Waals surface area contributed by atoms with Gasteiger partial charge in [0.15, 0.2) is 5.65 Å².